The van der Waals surface area contributed by atoms with Crippen molar-refractivity contribution in [1.29, 1.82) is 0 Å². The highest BCUT2D eigenvalue weighted by atomic mass is 16.5. The Labute approximate surface area is 138 Å². The van der Waals surface area contributed by atoms with E-state index >= 15 is 0 Å². The molecule has 120 valence electrons. The molecule has 1 amide bonds. The van der Waals surface area contributed by atoms with Crippen LogP contribution in [-0.4, -0.2) is 33.7 Å². The number of rotatable bonds is 4. The first-order valence-corrected chi connectivity index (χ1v) is 7.80. The normalized spacial score (nSPS) is 13.1. The number of para-hydroxylation sites is 1. The second-order valence-corrected chi connectivity index (χ2v) is 5.55. The summed E-state index contributed by atoms with van der Waals surface area (Å²) in [6.45, 7) is 0.782. The van der Waals surface area contributed by atoms with E-state index in [4.69, 9.17) is 4.74 Å². The fourth-order valence-electron chi connectivity index (χ4n) is 2.71. The first-order valence-electron chi connectivity index (χ1n) is 7.80. The van der Waals surface area contributed by atoms with E-state index in [0.29, 0.717) is 18.5 Å². The van der Waals surface area contributed by atoms with Gasteiger partial charge >= 0.3 is 0 Å². The van der Waals surface area contributed by atoms with E-state index in [-0.39, 0.29) is 12.5 Å². The number of hydrogen-bond acceptors (Lipinski definition) is 4. The van der Waals surface area contributed by atoms with E-state index in [1.807, 2.05) is 59.1 Å². The molecule has 1 N–H and O–H groups in total. The summed E-state index contributed by atoms with van der Waals surface area (Å²) in [7, 11) is 0. The molecule has 0 bridgehead atoms. The second kappa shape index (κ2) is 6.16. The first-order chi connectivity index (χ1) is 11.8. The molecular weight excluding hydrogens is 304 g/mol. The fraction of sp³-hybridized carbons (Fsp3) is 0.167. The summed E-state index contributed by atoms with van der Waals surface area (Å²) in [6.07, 6.45) is 4.41. The number of aromatic nitrogens is 3. The predicted molar refractivity (Wildman–Crippen MR) is 89.6 cm³/mol. The highest BCUT2D eigenvalue weighted by molar-refractivity contribution is 5.99. The number of benzene rings is 1. The van der Waals surface area contributed by atoms with Crippen molar-refractivity contribution in [3.05, 3.63) is 65.6 Å². The largest absolute Gasteiger partial charge is 0.488 e. The zero-order valence-corrected chi connectivity index (χ0v) is 13.0. The van der Waals surface area contributed by atoms with Crippen LogP contribution in [0.3, 0.4) is 0 Å². The molecule has 3 heterocycles. The molecule has 0 atom stereocenters. The molecule has 6 heteroatoms. The SMILES string of the molecule is O=C(NCCc1nnc2ccccn12)C1=Cc2ccccc2OC1. The summed E-state index contributed by atoms with van der Waals surface area (Å²) in [4.78, 5) is 12.3. The zero-order chi connectivity index (χ0) is 16.4. The minimum absolute atomic E-state index is 0.113. The molecule has 0 saturated carbocycles. The maximum Gasteiger partial charge on any atom is 0.250 e. The molecule has 3 aromatic rings. The molecule has 1 aliphatic heterocycles. The van der Waals surface area contributed by atoms with Crippen molar-refractivity contribution in [2.45, 2.75) is 6.42 Å². The number of ether oxygens (including phenoxy) is 1. The average Bonchev–Trinajstić information content (AvgIpc) is 3.04. The van der Waals surface area contributed by atoms with Crippen molar-refractivity contribution in [3.8, 4) is 5.75 Å². The molecule has 24 heavy (non-hydrogen) atoms. The zero-order valence-electron chi connectivity index (χ0n) is 13.0. The van der Waals surface area contributed by atoms with E-state index < -0.39 is 0 Å². The predicted octanol–water partition coefficient (Wildman–Crippen LogP) is 1.86. The molecule has 1 aliphatic rings. The van der Waals surface area contributed by atoms with Crippen molar-refractivity contribution >= 4 is 17.6 Å². The van der Waals surface area contributed by atoms with E-state index in [1.54, 1.807) is 0 Å². The lowest BCUT2D eigenvalue weighted by Gasteiger charge is -2.17. The molecule has 6 nitrogen and oxygen atoms in total. The van der Waals surface area contributed by atoms with E-state index in [0.717, 1.165) is 22.8 Å². The summed E-state index contributed by atoms with van der Waals surface area (Å²) in [5, 5.41) is 11.2. The molecule has 4 rings (SSSR count). The van der Waals surface area contributed by atoms with Crippen LogP contribution in [0, 0.1) is 0 Å². The van der Waals surface area contributed by atoms with Crippen LogP contribution in [0.2, 0.25) is 0 Å². The van der Waals surface area contributed by atoms with Gasteiger partial charge in [-0.3, -0.25) is 9.20 Å². The van der Waals surface area contributed by atoms with E-state index in [1.165, 1.54) is 0 Å². The average molecular weight is 320 g/mol. The Bertz CT molecular complexity index is 929. The van der Waals surface area contributed by atoms with Gasteiger partial charge in [0.05, 0.1) is 5.57 Å². The van der Waals surface area contributed by atoms with Crippen molar-refractivity contribution in [3.63, 3.8) is 0 Å². The summed E-state index contributed by atoms with van der Waals surface area (Å²) in [5.74, 6) is 1.52. The van der Waals surface area contributed by atoms with Crippen LogP contribution in [0.4, 0.5) is 0 Å². The van der Waals surface area contributed by atoms with Crippen LogP contribution in [0.1, 0.15) is 11.4 Å². The van der Waals surface area contributed by atoms with Crippen molar-refractivity contribution in [2.24, 2.45) is 0 Å². The lowest BCUT2D eigenvalue weighted by Crippen LogP contribution is -2.30. The molecular formula is C18H16N4O2. The van der Waals surface area contributed by atoms with Gasteiger partial charge in [-0.15, -0.1) is 10.2 Å². The molecule has 0 spiro atoms. The number of nitrogens with zero attached hydrogens (tertiary/aromatic N) is 3. The molecule has 0 aliphatic carbocycles. The van der Waals surface area contributed by atoms with Crippen molar-refractivity contribution in [2.75, 3.05) is 13.2 Å². The highest BCUT2D eigenvalue weighted by Gasteiger charge is 2.16. The Hall–Kier alpha value is -3.15. The Morgan fingerprint density at radius 2 is 2.04 bits per heavy atom. The number of carbonyl (C=O) groups is 1. The van der Waals surface area contributed by atoms with Crippen molar-refractivity contribution < 1.29 is 9.53 Å². The third-order valence-electron chi connectivity index (χ3n) is 3.94. The van der Waals surface area contributed by atoms with Crippen LogP contribution in [0.15, 0.2) is 54.2 Å². The van der Waals surface area contributed by atoms with Crippen molar-refractivity contribution in [1.82, 2.24) is 19.9 Å². The number of hydrogen-bond donors (Lipinski definition) is 1. The molecule has 0 fully saturated rings. The van der Waals surface area contributed by atoms with Crippen LogP contribution in [-0.2, 0) is 11.2 Å². The maximum absolute atomic E-state index is 12.3. The summed E-state index contributed by atoms with van der Waals surface area (Å²) in [5.41, 5.74) is 2.36. The van der Waals surface area contributed by atoms with E-state index in [9.17, 15) is 4.79 Å². The lowest BCUT2D eigenvalue weighted by molar-refractivity contribution is -0.117. The van der Waals surface area contributed by atoms with Gasteiger partial charge in [-0.2, -0.15) is 0 Å². The molecule has 2 aromatic heterocycles. The Morgan fingerprint density at radius 1 is 1.17 bits per heavy atom. The first kappa shape index (κ1) is 14.4. The van der Waals surface area contributed by atoms with Crippen LogP contribution >= 0.6 is 0 Å². The van der Waals surface area contributed by atoms with Gasteiger partial charge in [0.15, 0.2) is 5.65 Å². The molecule has 0 saturated heterocycles. The Kier molecular flexibility index (Phi) is 3.70. The van der Waals surface area contributed by atoms with Crippen LogP contribution in [0.25, 0.3) is 11.7 Å². The topological polar surface area (TPSA) is 68.5 Å². The smallest absolute Gasteiger partial charge is 0.250 e. The van der Waals surface area contributed by atoms with Gasteiger partial charge in [0.25, 0.3) is 5.91 Å². The van der Waals surface area contributed by atoms with Gasteiger partial charge in [-0.25, -0.2) is 0 Å². The maximum atomic E-state index is 12.3. The quantitative estimate of drug-likeness (QED) is 0.797. The third-order valence-corrected chi connectivity index (χ3v) is 3.94. The monoisotopic (exact) mass is 320 g/mol. The number of carbonyl (C=O) groups excluding carboxylic acids is 1. The minimum atomic E-state index is -0.113. The molecule has 0 unspecified atom stereocenters. The Morgan fingerprint density at radius 3 is 3.00 bits per heavy atom. The number of amides is 1. The highest BCUT2D eigenvalue weighted by Crippen LogP contribution is 2.25. The molecule has 0 radical (unpaired) electrons. The lowest BCUT2D eigenvalue weighted by atomic mass is 10.1. The van der Waals surface area contributed by atoms with E-state index in [2.05, 4.69) is 15.5 Å². The van der Waals surface area contributed by atoms with Gasteiger partial charge in [0, 0.05) is 24.7 Å². The third kappa shape index (κ3) is 2.74. The standard InChI is InChI=1S/C18H16N4O2/c23-18(14-11-13-5-1-2-6-15(13)24-12-14)19-9-8-17-21-20-16-7-3-4-10-22(16)17/h1-7,10-11H,8-9,12H2,(H,19,23). The van der Waals surface area contributed by atoms with Gasteiger partial charge in [0.1, 0.15) is 18.2 Å². The fourth-order valence-corrected chi connectivity index (χ4v) is 2.71. The van der Waals surface area contributed by atoms with Crippen LogP contribution in [0.5, 0.6) is 5.75 Å². The number of nitrogens with one attached hydrogen (secondary N) is 1. The number of fused-ring (bicyclic) bond motifs is 2. The second-order valence-electron chi connectivity index (χ2n) is 5.55. The van der Waals surface area contributed by atoms with Gasteiger partial charge < -0.3 is 10.1 Å². The van der Waals surface area contributed by atoms with Gasteiger partial charge in [-0.05, 0) is 24.3 Å². The summed E-state index contributed by atoms with van der Waals surface area (Å²) < 4.78 is 7.53. The summed E-state index contributed by atoms with van der Waals surface area (Å²) >= 11 is 0. The van der Waals surface area contributed by atoms with Crippen LogP contribution < -0.4 is 10.1 Å². The van der Waals surface area contributed by atoms with Gasteiger partial charge in [-0.1, -0.05) is 24.3 Å². The van der Waals surface area contributed by atoms with Gasteiger partial charge in [0.2, 0.25) is 0 Å². The number of pyridine rings is 1. The minimum Gasteiger partial charge on any atom is -0.488 e. The summed E-state index contributed by atoms with van der Waals surface area (Å²) in [6, 6.07) is 13.4. The molecule has 1 aromatic carbocycles. The Balaban J connectivity index is 1.40.